The number of carbonyl (C=O) groups excluding carboxylic acids is 1. The van der Waals surface area contributed by atoms with Crippen LogP contribution in [0.5, 0.6) is 0 Å². The molecule has 1 radical (unpaired) electrons. The Morgan fingerprint density at radius 2 is 0.848 bits per heavy atom. The summed E-state index contributed by atoms with van der Waals surface area (Å²) in [7, 11) is 0. The lowest BCUT2D eigenvalue weighted by Crippen LogP contribution is -2.38. The highest BCUT2D eigenvalue weighted by molar-refractivity contribution is 5.74. The molecule has 0 fully saturated rings. The smallest absolute Gasteiger partial charge is 0.247 e. The minimum Gasteiger partial charge on any atom is -0.247 e. The molecule has 0 heterocycles. The fourth-order valence-corrected chi connectivity index (χ4v) is 5.79. The van der Waals surface area contributed by atoms with Crippen LogP contribution in [0, 0.1) is 11.3 Å². The zero-order valence-electron chi connectivity index (χ0n) is 23.4. The first kappa shape index (κ1) is 32.5. The Kier molecular flexibility index (Phi) is 22.9. The summed E-state index contributed by atoms with van der Waals surface area (Å²) in [6.07, 6.45) is 29.0. The van der Waals surface area contributed by atoms with E-state index in [1.165, 1.54) is 116 Å². The lowest BCUT2D eigenvalue weighted by Gasteiger charge is -2.37. The molecule has 2 heteroatoms. The third-order valence-corrected chi connectivity index (χ3v) is 7.92. The second kappa shape index (κ2) is 23.2. The third kappa shape index (κ3) is 15.9. The topological polar surface area (TPSA) is 37.0 Å². The summed E-state index contributed by atoms with van der Waals surface area (Å²) < 4.78 is 0. The van der Waals surface area contributed by atoms with Crippen LogP contribution in [0.1, 0.15) is 182 Å². The van der Waals surface area contributed by atoms with Crippen LogP contribution in [0.2, 0.25) is 0 Å². The average Bonchev–Trinajstić information content (AvgIpc) is 2.80. The zero-order valence-corrected chi connectivity index (χ0v) is 23.4. The van der Waals surface area contributed by atoms with Crippen molar-refractivity contribution in [1.82, 2.24) is 0 Å². The molecule has 2 nitrogen and oxygen atoms in total. The highest BCUT2D eigenvalue weighted by Gasteiger charge is 2.44. The molecule has 33 heavy (non-hydrogen) atoms. The van der Waals surface area contributed by atoms with Gasteiger partial charge in [0.1, 0.15) is 0 Å². The van der Waals surface area contributed by atoms with Crippen molar-refractivity contribution in [1.29, 1.82) is 0 Å². The van der Waals surface area contributed by atoms with Gasteiger partial charge in [-0.3, -0.25) is 0 Å². The van der Waals surface area contributed by atoms with E-state index in [9.17, 15) is 9.90 Å². The molecule has 0 aromatic rings. The van der Waals surface area contributed by atoms with Gasteiger partial charge in [-0.1, -0.05) is 156 Å². The maximum atomic E-state index is 12.7. The summed E-state index contributed by atoms with van der Waals surface area (Å²) in [6.45, 7) is 8.94. The second-order valence-corrected chi connectivity index (χ2v) is 10.9. The van der Waals surface area contributed by atoms with Crippen molar-refractivity contribution in [3.05, 3.63) is 0 Å². The quantitative estimate of drug-likeness (QED) is 0.117. The highest BCUT2D eigenvalue weighted by Crippen LogP contribution is 2.44. The van der Waals surface area contributed by atoms with Crippen LogP contribution in [0.25, 0.3) is 0 Å². The highest BCUT2D eigenvalue weighted by atomic mass is 16.4. The molecular weight excluding hydrogens is 404 g/mol. The van der Waals surface area contributed by atoms with Crippen LogP contribution in [-0.4, -0.2) is 5.97 Å². The summed E-state index contributed by atoms with van der Waals surface area (Å²) in [4.78, 5) is 12.7. The molecule has 0 rings (SSSR count). The Balaban J connectivity index is 4.99. The Hall–Kier alpha value is -0.530. The van der Waals surface area contributed by atoms with Crippen molar-refractivity contribution >= 4 is 5.97 Å². The molecule has 0 amide bonds. The van der Waals surface area contributed by atoms with E-state index in [0.717, 1.165) is 38.5 Å². The van der Waals surface area contributed by atoms with E-state index < -0.39 is 11.4 Å². The normalized spacial score (nSPS) is 14.3. The van der Waals surface area contributed by atoms with Gasteiger partial charge in [-0.15, -0.1) is 0 Å². The fourth-order valence-electron chi connectivity index (χ4n) is 5.79. The monoisotopic (exact) mass is 465 g/mol. The molecule has 0 aromatic carbocycles. The summed E-state index contributed by atoms with van der Waals surface area (Å²) in [5.41, 5.74) is -0.592. The predicted octanol–water partition coefficient (Wildman–Crippen LogP) is 11.0. The Morgan fingerprint density at radius 3 is 1.21 bits per heavy atom. The summed E-state index contributed by atoms with van der Waals surface area (Å²) >= 11 is 0. The summed E-state index contributed by atoms with van der Waals surface area (Å²) in [5, 5.41) is 12.7. The number of hydrogen-bond acceptors (Lipinski definition) is 1. The summed E-state index contributed by atoms with van der Waals surface area (Å²) in [5.74, 6) is -0.434. The van der Waals surface area contributed by atoms with Crippen molar-refractivity contribution in [3.63, 3.8) is 0 Å². The molecule has 0 N–H and O–H groups in total. The van der Waals surface area contributed by atoms with Crippen LogP contribution in [0.3, 0.4) is 0 Å². The molecule has 0 aromatic heterocycles. The molecule has 0 bridgehead atoms. The van der Waals surface area contributed by atoms with Gasteiger partial charge in [-0.2, -0.15) is 0 Å². The SMILES string of the molecule is CCCCCCCCCC(CCCCCCCC)C(CCC)(CCCCCCCC)C([O])=O. The molecule has 2 unspecified atom stereocenters. The lowest BCUT2D eigenvalue weighted by atomic mass is 9.65. The van der Waals surface area contributed by atoms with Gasteiger partial charge in [0.25, 0.3) is 0 Å². The molecule has 0 aliphatic heterocycles. The summed E-state index contributed by atoms with van der Waals surface area (Å²) in [6, 6.07) is 0. The van der Waals surface area contributed by atoms with Crippen LogP contribution in [-0.2, 0) is 9.90 Å². The van der Waals surface area contributed by atoms with Crippen LogP contribution < -0.4 is 0 Å². The fraction of sp³-hybridized carbons (Fsp3) is 0.968. The van der Waals surface area contributed by atoms with E-state index in [4.69, 9.17) is 0 Å². The second-order valence-electron chi connectivity index (χ2n) is 10.9. The zero-order chi connectivity index (χ0) is 24.6. The van der Waals surface area contributed by atoms with Gasteiger partial charge in [0.2, 0.25) is 0 Å². The van der Waals surface area contributed by atoms with Gasteiger partial charge in [-0.25, -0.2) is 9.90 Å². The molecular formula is C31H61O2. The molecule has 0 aliphatic rings. The molecule has 0 aliphatic carbocycles. The van der Waals surface area contributed by atoms with E-state index in [1.807, 2.05) is 0 Å². The average molecular weight is 466 g/mol. The first-order chi connectivity index (χ1) is 16.1. The first-order valence-electron chi connectivity index (χ1n) is 15.3. The van der Waals surface area contributed by atoms with Gasteiger partial charge in [0.15, 0.2) is 0 Å². The van der Waals surface area contributed by atoms with E-state index in [1.54, 1.807) is 0 Å². The maximum Gasteiger partial charge on any atom is 0.361 e. The van der Waals surface area contributed by atoms with Crippen molar-refractivity contribution in [2.75, 3.05) is 0 Å². The van der Waals surface area contributed by atoms with Crippen molar-refractivity contribution in [3.8, 4) is 0 Å². The van der Waals surface area contributed by atoms with Gasteiger partial charge < -0.3 is 0 Å². The van der Waals surface area contributed by atoms with Crippen molar-refractivity contribution in [2.24, 2.45) is 11.3 Å². The molecule has 197 valence electrons. The minimum absolute atomic E-state index is 0.305. The van der Waals surface area contributed by atoms with E-state index in [0.29, 0.717) is 5.92 Å². The minimum atomic E-state index is -0.739. The molecule has 2 atom stereocenters. The Bertz CT molecular complexity index is 419. The largest absolute Gasteiger partial charge is 0.361 e. The Morgan fingerprint density at radius 1 is 0.485 bits per heavy atom. The van der Waals surface area contributed by atoms with E-state index >= 15 is 0 Å². The van der Waals surface area contributed by atoms with E-state index in [-0.39, 0.29) is 0 Å². The third-order valence-electron chi connectivity index (χ3n) is 7.92. The number of unbranched alkanes of at least 4 members (excludes halogenated alkanes) is 16. The van der Waals surface area contributed by atoms with Crippen LogP contribution in [0.4, 0.5) is 0 Å². The lowest BCUT2D eigenvalue weighted by molar-refractivity contribution is -0.161. The molecule has 0 saturated carbocycles. The predicted molar refractivity (Wildman–Crippen MR) is 145 cm³/mol. The van der Waals surface area contributed by atoms with Crippen LogP contribution >= 0.6 is 0 Å². The van der Waals surface area contributed by atoms with Gasteiger partial charge in [0, 0.05) is 0 Å². The maximum absolute atomic E-state index is 12.7. The first-order valence-corrected chi connectivity index (χ1v) is 15.3. The number of rotatable bonds is 26. The van der Waals surface area contributed by atoms with E-state index in [2.05, 4.69) is 27.7 Å². The Labute approximate surface area is 209 Å². The number of carbonyl (C=O) groups is 1. The van der Waals surface area contributed by atoms with Gasteiger partial charge >= 0.3 is 5.97 Å². The van der Waals surface area contributed by atoms with Crippen molar-refractivity contribution in [2.45, 2.75) is 182 Å². The van der Waals surface area contributed by atoms with Gasteiger partial charge in [0.05, 0.1) is 5.41 Å². The number of hydrogen-bond donors (Lipinski definition) is 0. The van der Waals surface area contributed by atoms with Gasteiger partial charge in [-0.05, 0) is 31.6 Å². The molecule has 0 saturated heterocycles. The van der Waals surface area contributed by atoms with Crippen LogP contribution in [0.15, 0.2) is 0 Å². The standard InChI is InChI=1S/C31H61O2/c1-5-9-12-15-18-20-23-26-29(25-22-19-16-13-10-6-2)31(27-8-4,30(32)33)28-24-21-17-14-11-7-3/h29H,5-28H2,1-4H3. The van der Waals surface area contributed by atoms with Crippen molar-refractivity contribution < 1.29 is 9.90 Å². The molecule has 0 spiro atoms.